The van der Waals surface area contributed by atoms with Crippen molar-refractivity contribution in [1.29, 1.82) is 0 Å². The SMILES string of the molecule is O=c1[nH]c(CN(CCO)c2ccccc2)nc2ccsc12. The van der Waals surface area contributed by atoms with Gasteiger partial charge < -0.3 is 15.0 Å². The Balaban J connectivity index is 1.92. The Morgan fingerprint density at radius 3 is 2.81 bits per heavy atom. The van der Waals surface area contributed by atoms with E-state index in [2.05, 4.69) is 9.97 Å². The third kappa shape index (κ3) is 2.96. The van der Waals surface area contributed by atoms with Gasteiger partial charge in [0.25, 0.3) is 5.56 Å². The first kappa shape index (κ1) is 13.8. The molecule has 0 atom stereocenters. The molecule has 0 aliphatic carbocycles. The van der Waals surface area contributed by atoms with E-state index in [1.165, 1.54) is 11.3 Å². The number of para-hydroxylation sites is 1. The first-order valence-corrected chi connectivity index (χ1v) is 7.53. The zero-order valence-corrected chi connectivity index (χ0v) is 12.1. The molecule has 0 unspecified atom stereocenters. The van der Waals surface area contributed by atoms with Crippen molar-refractivity contribution in [3.63, 3.8) is 0 Å². The molecule has 6 heteroatoms. The number of H-pyrrole nitrogens is 1. The Bertz CT molecular complexity index is 782. The summed E-state index contributed by atoms with van der Waals surface area (Å²) >= 11 is 1.39. The van der Waals surface area contributed by atoms with Crippen molar-refractivity contribution in [1.82, 2.24) is 9.97 Å². The van der Waals surface area contributed by atoms with Crippen LogP contribution >= 0.6 is 11.3 Å². The molecule has 2 heterocycles. The molecule has 0 aliphatic rings. The minimum atomic E-state index is -0.109. The maximum atomic E-state index is 12.0. The summed E-state index contributed by atoms with van der Waals surface area (Å²) in [4.78, 5) is 21.3. The topological polar surface area (TPSA) is 69.2 Å². The van der Waals surface area contributed by atoms with Crippen LogP contribution in [0.2, 0.25) is 0 Å². The Morgan fingerprint density at radius 2 is 2.05 bits per heavy atom. The van der Waals surface area contributed by atoms with Crippen LogP contribution in [-0.2, 0) is 6.54 Å². The summed E-state index contributed by atoms with van der Waals surface area (Å²) in [6.45, 7) is 0.973. The van der Waals surface area contributed by atoms with Crippen LogP contribution in [0, 0.1) is 0 Å². The molecule has 0 fully saturated rings. The second-order valence-electron chi connectivity index (χ2n) is 4.63. The van der Waals surface area contributed by atoms with Crippen molar-refractivity contribution >= 4 is 27.2 Å². The third-order valence-electron chi connectivity index (χ3n) is 3.20. The molecule has 108 valence electrons. The van der Waals surface area contributed by atoms with Gasteiger partial charge in [0.2, 0.25) is 0 Å². The fourth-order valence-corrected chi connectivity index (χ4v) is 2.96. The van der Waals surface area contributed by atoms with Gasteiger partial charge in [-0.1, -0.05) is 18.2 Å². The van der Waals surface area contributed by atoms with E-state index >= 15 is 0 Å². The summed E-state index contributed by atoms with van der Waals surface area (Å²) in [5.74, 6) is 0.600. The molecular weight excluding hydrogens is 286 g/mol. The Labute approximate surface area is 125 Å². The van der Waals surface area contributed by atoms with Crippen LogP contribution in [0.4, 0.5) is 5.69 Å². The molecule has 21 heavy (non-hydrogen) atoms. The first-order valence-electron chi connectivity index (χ1n) is 6.65. The molecule has 0 spiro atoms. The van der Waals surface area contributed by atoms with Gasteiger partial charge in [0, 0.05) is 12.2 Å². The maximum Gasteiger partial charge on any atom is 0.268 e. The molecular formula is C15H15N3O2S. The summed E-state index contributed by atoms with van der Waals surface area (Å²) in [6, 6.07) is 11.6. The minimum Gasteiger partial charge on any atom is -0.395 e. The molecule has 0 aliphatic heterocycles. The third-order valence-corrected chi connectivity index (χ3v) is 4.10. The molecule has 3 rings (SSSR count). The zero-order valence-electron chi connectivity index (χ0n) is 11.3. The van der Waals surface area contributed by atoms with E-state index in [1.54, 1.807) is 0 Å². The lowest BCUT2D eigenvalue weighted by Crippen LogP contribution is -2.28. The molecule has 5 nitrogen and oxygen atoms in total. The first-order chi connectivity index (χ1) is 10.3. The van der Waals surface area contributed by atoms with Crippen LogP contribution < -0.4 is 10.5 Å². The summed E-state index contributed by atoms with van der Waals surface area (Å²) in [6.07, 6.45) is 0. The smallest absolute Gasteiger partial charge is 0.268 e. The van der Waals surface area contributed by atoms with Crippen molar-refractivity contribution in [2.75, 3.05) is 18.1 Å². The van der Waals surface area contributed by atoms with Gasteiger partial charge in [0.05, 0.1) is 18.7 Å². The van der Waals surface area contributed by atoms with E-state index in [0.717, 1.165) is 11.2 Å². The number of anilines is 1. The maximum absolute atomic E-state index is 12.0. The minimum absolute atomic E-state index is 0.0415. The van der Waals surface area contributed by atoms with E-state index in [9.17, 15) is 9.90 Å². The van der Waals surface area contributed by atoms with Gasteiger partial charge in [0.15, 0.2) is 0 Å². The Kier molecular flexibility index (Phi) is 3.98. The summed E-state index contributed by atoms with van der Waals surface area (Å²) in [5.41, 5.74) is 1.59. The molecule has 2 aromatic heterocycles. The van der Waals surface area contributed by atoms with Crippen LogP contribution in [0.1, 0.15) is 5.82 Å². The van der Waals surface area contributed by atoms with E-state index in [4.69, 9.17) is 0 Å². The Morgan fingerprint density at radius 1 is 1.24 bits per heavy atom. The number of aliphatic hydroxyl groups excluding tert-OH is 1. The zero-order chi connectivity index (χ0) is 14.7. The van der Waals surface area contributed by atoms with E-state index in [1.807, 2.05) is 46.7 Å². The average Bonchev–Trinajstić information content (AvgIpc) is 2.97. The number of hydrogen-bond acceptors (Lipinski definition) is 5. The van der Waals surface area contributed by atoms with Crippen LogP contribution in [0.3, 0.4) is 0 Å². The number of nitrogens with zero attached hydrogens (tertiary/aromatic N) is 2. The normalized spacial score (nSPS) is 10.9. The van der Waals surface area contributed by atoms with Crippen molar-refractivity contribution in [2.45, 2.75) is 6.54 Å². The molecule has 0 bridgehead atoms. The fourth-order valence-electron chi connectivity index (χ4n) is 2.24. The quantitative estimate of drug-likeness (QED) is 0.756. The fraction of sp³-hybridized carbons (Fsp3) is 0.200. The van der Waals surface area contributed by atoms with Gasteiger partial charge in [-0.15, -0.1) is 11.3 Å². The predicted molar refractivity (Wildman–Crippen MR) is 84.8 cm³/mol. The summed E-state index contributed by atoms with van der Waals surface area (Å²) in [5, 5.41) is 11.1. The number of nitrogens with one attached hydrogen (secondary N) is 1. The van der Waals surface area contributed by atoms with Crippen LogP contribution in [0.5, 0.6) is 0 Å². The molecule has 1 aromatic carbocycles. The molecule has 2 N–H and O–H groups in total. The summed E-state index contributed by atoms with van der Waals surface area (Å²) < 4.78 is 0.646. The average molecular weight is 301 g/mol. The van der Waals surface area contributed by atoms with E-state index in [-0.39, 0.29) is 12.2 Å². The van der Waals surface area contributed by atoms with Crippen LogP contribution in [-0.4, -0.2) is 28.2 Å². The molecule has 0 saturated heterocycles. The lowest BCUT2D eigenvalue weighted by molar-refractivity contribution is 0.301. The van der Waals surface area contributed by atoms with Crippen molar-refractivity contribution in [2.24, 2.45) is 0 Å². The van der Waals surface area contributed by atoms with Crippen molar-refractivity contribution in [3.05, 3.63) is 58.0 Å². The number of rotatable bonds is 5. The standard InChI is InChI=1S/C15H15N3O2S/c19-8-7-18(11-4-2-1-3-5-11)10-13-16-12-6-9-21-14(12)15(20)17-13/h1-6,9,19H,7-8,10H2,(H,16,17,20). The van der Waals surface area contributed by atoms with Gasteiger partial charge in [0.1, 0.15) is 10.5 Å². The number of hydrogen-bond donors (Lipinski definition) is 2. The van der Waals surface area contributed by atoms with Crippen LogP contribution in [0.15, 0.2) is 46.6 Å². The number of fused-ring (bicyclic) bond motifs is 1. The highest BCUT2D eigenvalue weighted by molar-refractivity contribution is 7.17. The largest absolute Gasteiger partial charge is 0.395 e. The summed E-state index contributed by atoms with van der Waals surface area (Å²) in [7, 11) is 0. The number of aromatic amines is 1. The lowest BCUT2D eigenvalue weighted by atomic mass is 10.3. The second-order valence-corrected chi connectivity index (χ2v) is 5.54. The number of thiophene rings is 1. The Hall–Kier alpha value is -2.18. The van der Waals surface area contributed by atoms with Crippen LogP contribution in [0.25, 0.3) is 10.2 Å². The molecule has 0 amide bonds. The second kappa shape index (κ2) is 6.07. The number of benzene rings is 1. The van der Waals surface area contributed by atoms with Gasteiger partial charge in [-0.3, -0.25) is 4.79 Å². The van der Waals surface area contributed by atoms with E-state index < -0.39 is 0 Å². The van der Waals surface area contributed by atoms with Gasteiger partial charge in [-0.05, 0) is 23.6 Å². The van der Waals surface area contributed by atoms with Gasteiger partial charge in [-0.2, -0.15) is 0 Å². The highest BCUT2D eigenvalue weighted by atomic mass is 32.1. The molecule has 0 radical (unpaired) electrons. The van der Waals surface area contributed by atoms with Crippen molar-refractivity contribution < 1.29 is 5.11 Å². The lowest BCUT2D eigenvalue weighted by Gasteiger charge is -2.23. The number of aliphatic hydroxyl groups is 1. The highest BCUT2D eigenvalue weighted by Gasteiger charge is 2.10. The highest BCUT2D eigenvalue weighted by Crippen LogP contribution is 2.17. The van der Waals surface area contributed by atoms with Gasteiger partial charge in [-0.25, -0.2) is 4.98 Å². The predicted octanol–water partition coefficient (Wildman–Crippen LogP) is 1.98. The van der Waals surface area contributed by atoms with E-state index in [0.29, 0.717) is 23.6 Å². The molecule has 3 aromatic rings. The molecule has 0 saturated carbocycles. The van der Waals surface area contributed by atoms with Crippen molar-refractivity contribution in [3.8, 4) is 0 Å². The monoisotopic (exact) mass is 301 g/mol. The van der Waals surface area contributed by atoms with Gasteiger partial charge >= 0.3 is 0 Å². The number of aromatic nitrogens is 2.